The van der Waals surface area contributed by atoms with Crippen LogP contribution in [0.15, 0.2) is 29.1 Å². The number of rotatable bonds is 7. The van der Waals surface area contributed by atoms with E-state index in [0.717, 1.165) is 55.7 Å². The maximum atomic E-state index is 12.8. The molecule has 7 heteroatoms. The average molecular weight is 438 g/mol. The Balaban J connectivity index is 1.63. The Hall–Kier alpha value is -2.82. The van der Waals surface area contributed by atoms with Gasteiger partial charge >= 0.3 is 0 Å². The number of methoxy groups -OCH3 is 2. The zero-order chi connectivity index (χ0) is 22.7. The summed E-state index contributed by atoms with van der Waals surface area (Å²) < 4.78 is 18.7. The molecule has 2 aliphatic rings. The van der Waals surface area contributed by atoms with Crippen molar-refractivity contribution in [3.05, 3.63) is 45.6 Å². The molecule has 1 aromatic carbocycles. The lowest BCUT2D eigenvalue weighted by atomic mass is 9.93. The smallest absolute Gasteiger partial charge is 0.197 e. The third-order valence-electron chi connectivity index (χ3n) is 6.61. The van der Waals surface area contributed by atoms with Crippen LogP contribution < -0.4 is 15.1 Å². The summed E-state index contributed by atoms with van der Waals surface area (Å²) >= 11 is 0. The van der Waals surface area contributed by atoms with Crippen molar-refractivity contribution >= 4 is 5.69 Å². The first kappa shape index (κ1) is 22.4. The van der Waals surface area contributed by atoms with Crippen LogP contribution in [0.25, 0.3) is 11.3 Å². The predicted octanol–water partition coefficient (Wildman–Crippen LogP) is 3.16. The highest BCUT2D eigenvalue weighted by molar-refractivity contribution is 5.72. The van der Waals surface area contributed by atoms with Gasteiger partial charge in [-0.3, -0.25) is 4.79 Å². The molecule has 0 unspecified atom stereocenters. The van der Waals surface area contributed by atoms with Crippen molar-refractivity contribution in [2.24, 2.45) is 5.92 Å². The van der Waals surface area contributed by atoms with Crippen LogP contribution in [0.2, 0.25) is 0 Å². The molecule has 170 valence electrons. The third kappa shape index (κ3) is 4.38. The number of aromatic nitrogens is 1. The second kappa shape index (κ2) is 9.76. The first-order chi connectivity index (χ1) is 15.5. The average Bonchev–Trinajstić information content (AvgIpc) is 2.83. The van der Waals surface area contributed by atoms with Gasteiger partial charge in [0.25, 0.3) is 0 Å². The van der Waals surface area contributed by atoms with Crippen LogP contribution in [-0.4, -0.2) is 51.2 Å². The number of hydrogen-bond donors (Lipinski definition) is 0. The molecular weight excluding hydrogens is 406 g/mol. The highest BCUT2D eigenvalue weighted by Gasteiger charge is 2.25. The van der Waals surface area contributed by atoms with E-state index in [0.29, 0.717) is 19.1 Å². The minimum Gasteiger partial charge on any atom is -0.476 e. The van der Waals surface area contributed by atoms with Gasteiger partial charge in [-0.1, -0.05) is 6.07 Å². The number of anilines is 1. The summed E-state index contributed by atoms with van der Waals surface area (Å²) in [5.74, 6) is 0.743. The van der Waals surface area contributed by atoms with Gasteiger partial charge in [-0.15, -0.1) is 0 Å². The van der Waals surface area contributed by atoms with Crippen LogP contribution in [0, 0.1) is 24.2 Å². The van der Waals surface area contributed by atoms with E-state index in [1.165, 1.54) is 11.3 Å². The molecule has 1 aromatic heterocycles. The van der Waals surface area contributed by atoms with E-state index >= 15 is 0 Å². The Morgan fingerprint density at radius 1 is 1.16 bits per heavy atom. The van der Waals surface area contributed by atoms with E-state index < -0.39 is 0 Å². The van der Waals surface area contributed by atoms with Crippen molar-refractivity contribution in [3.63, 3.8) is 0 Å². The van der Waals surface area contributed by atoms with E-state index in [2.05, 4.69) is 33.7 Å². The molecule has 4 rings (SSSR count). The van der Waals surface area contributed by atoms with Crippen molar-refractivity contribution in [2.45, 2.75) is 38.8 Å². The number of aryl methyl sites for hydroxylation is 1. The summed E-state index contributed by atoms with van der Waals surface area (Å²) in [5, 5.41) is 9.16. The fraction of sp³-hybridized carbons (Fsp3) is 0.520. The first-order valence-corrected chi connectivity index (χ1v) is 11.2. The number of piperidine rings is 1. The quantitative estimate of drug-likeness (QED) is 0.662. The van der Waals surface area contributed by atoms with Crippen molar-refractivity contribution in [1.29, 1.82) is 5.26 Å². The van der Waals surface area contributed by atoms with E-state index in [-0.39, 0.29) is 17.5 Å². The topological polar surface area (TPSA) is 76.7 Å². The molecule has 0 radical (unpaired) electrons. The standard InChI is InChI=1S/C25H31N3O4/c1-17-23(29)13-24(32-16-21(31-3)15-30-2)28-11-8-19-12-20(4-5-22(19)25(17)28)27-9-6-18(14-26)7-10-27/h4-5,12-13,18,21H,6-11,15-16H2,1-3H3/t21-/m0/s1. The zero-order valence-electron chi connectivity index (χ0n) is 19.1. The highest BCUT2D eigenvalue weighted by atomic mass is 16.6. The fourth-order valence-electron chi connectivity index (χ4n) is 4.68. The molecule has 7 nitrogen and oxygen atoms in total. The van der Waals surface area contributed by atoms with Crippen LogP contribution in [-0.2, 0) is 22.4 Å². The summed E-state index contributed by atoms with van der Waals surface area (Å²) in [6.07, 6.45) is 2.50. The molecule has 0 aliphatic carbocycles. The number of nitrogens with zero attached hydrogens (tertiary/aromatic N) is 3. The maximum absolute atomic E-state index is 12.8. The Bertz CT molecular complexity index is 1060. The Kier molecular flexibility index (Phi) is 6.83. The van der Waals surface area contributed by atoms with Gasteiger partial charge in [0.2, 0.25) is 0 Å². The number of pyridine rings is 1. The van der Waals surface area contributed by atoms with E-state index in [1.54, 1.807) is 20.3 Å². The van der Waals surface area contributed by atoms with Gasteiger partial charge in [0.1, 0.15) is 12.7 Å². The minimum atomic E-state index is -0.198. The largest absolute Gasteiger partial charge is 0.476 e. The lowest BCUT2D eigenvalue weighted by Gasteiger charge is -2.33. The van der Waals surface area contributed by atoms with Gasteiger partial charge in [0.15, 0.2) is 11.3 Å². The lowest BCUT2D eigenvalue weighted by molar-refractivity contribution is -0.000948. The first-order valence-electron chi connectivity index (χ1n) is 11.2. The normalized spacial score (nSPS) is 16.8. The summed E-state index contributed by atoms with van der Waals surface area (Å²) in [4.78, 5) is 15.1. The monoisotopic (exact) mass is 437 g/mol. The molecule has 3 heterocycles. The Morgan fingerprint density at radius 3 is 2.62 bits per heavy atom. The number of hydrogen-bond acceptors (Lipinski definition) is 6. The second-order valence-corrected chi connectivity index (χ2v) is 8.58. The van der Waals surface area contributed by atoms with Crippen molar-refractivity contribution in [2.75, 3.05) is 45.4 Å². The lowest BCUT2D eigenvalue weighted by Crippen LogP contribution is -2.33. The molecule has 0 spiro atoms. The SMILES string of the molecule is COC[C@@H](COc1cc(=O)c(C)c2n1CCc1cc(N3CCC(C#N)CC3)ccc1-2)OC. The van der Waals surface area contributed by atoms with Crippen LogP contribution in [0.4, 0.5) is 5.69 Å². The number of benzene rings is 1. The fourth-order valence-corrected chi connectivity index (χ4v) is 4.68. The van der Waals surface area contributed by atoms with E-state index in [1.807, 2.05) is 6.92 Å². The van der Waals surface area contributed by atoms with Crippen LogP contribution in [0.5, 0.6) is 5.88 Å². The van der Waals surface area contributed by atoms with Crippen molar-refractivity contribution < 1.29 is 14.2 Å². The van der Waals surface area contributed by atoms with Crippen molar-refractivity contribution in [3.8, 4) is 23.2 Å². The molecule has 0 bridgehead atoms. The van der Waals surface area contributed by atoms with Gasteiger partial charge in [-0.2, -0.15) is 5.26 Å². The van der Waals surface area contributed by atoms with Gasteiger partial charge in [0.05, 0.1) is 18.4 Å². The Labute approximate surface area is 189 Å². The van der Waals surface area contributed by atoms with Gasteiger partial charge < -0.3 is 23.7 Å². The molecule has 0 saturated carbocycles. The van der Waals surface area contributed by atoms with Crippen molar-refractivity contribution in [1.82, 2.24) is 4.57 Å². The number of ether oxygens (including phenoxy) is 3. The molecule has 1 saturated heterocycles. The summed E-state index contributed by atoms with van der Waals surface area (Å²) in [6.45, 7) is 5.20. The highest BCUT2D eigenvalue weighted by Crippen LogP contribution is 2.36. The molecule has 0 N–H and O–H groups in total. The van der Waals surface area contributed by atoms with Gasteiger partial charge in [-0.05, 0) is 43.9 Å². The molecule has 2 aliphatic heterocycles. The van der Waals surface area contributed by atoms with Crippen LogP contribution in [0.3, 0.4) is 0 Å². The molecule has 2 aromatic rings. The van der Waals surface area contributed by atoms with Crippen LogP contribution >= 0.6 is 0 Å². The minimum absolute atomic E-state index is 0.0255. The molecule has 1 fully saturated rings. The molecular formula is C25H31N3O4. The molecule has 32 heavy (non-hydrogen) atoms. The molecule has 1 atom stereocenters. The summed E-state index contributed by atoms with van der Waals surface area (Å²) in [5.41, 5.74) is 5.18. The number of nitriles is 1. The number of fused-ring (bicyclic) bond motifs is 3. The van der Waals surface area contributed by atoms with E-state index in [4.69, 9.17) is 19.5 Å². The zero-order valence-corrected chi connectivity index (χ0v) is 19.1. The second-order valence-electron chi connectivity index (χ2n) is 8.58. The third-order valence-corrected chi connectivity index (χ3v) is 6.61. The molecule has 0 amide bonds. The van der Waals surface area contributed by atoms with E-state index in [9.17, 15) is 4.79 Å². The van der Waals surface area contributed by atoms with Gasteiger partial charge in [0, 0.05) is 62.7 Å². The Morgan fingerprint density at radius 2 is 1.94 bits per heavy atom. The summed E-state index contributed by atoms with van der Waals surface area (Å²) in [7, 11) is 3.25. The van der Waals surface area contributed by atoms with Crippen LogP contribution in [0.1, 0.15) is 24.0 Å². The summed E-state index contributed by atoms with van der Waals surface area (Å²) in [6, 6.07) is 10.5. The maximum Gasteiger partial charge on any atom is 0.197 e. The predicted molar refractivity (Wildman–Crippen MR) is 123 cm³/mol. The van der Waals surface area contributed by atoms with Gasteiger partial charge in [-0.25, -0.2) is 0 Å².